The van der Waals surface area contributed by atoms with Crippen LogP contribution in [0.1, 0.15) is 26.7 Å². The van der Waals surface area contributed by atoms with Gasteiger partial charge in [0.2, 0.25) is 0 Å². The molecule has 1 atom stereocenters. The van der Waals surface area contributed by atoms with Gasteiger partial charge in [0.05, 0.1) is 11.1 Å². The van der Waals surface area contributed by atoms with E-state index in [1.54, 1.807) is 13.0 Å². The second kappa shape index (κ2) is 5.33. The molecular formula is C8H13ClO2. The molecule has 2 nitrogen and oxygen atoms in total. The fraction of sp³-hybridized carbons (Fsp3) is 0.625. The summed E-state index contributed by atoms with van der Waals surface area (Å²) in [4.78, 5) is 11.0. The maximum atomic E-state index is 11.0. The summed E-state index contributed by atoms with van der Waals surface area (Å²) < 4.78 is 0. The van der Waals surface area contributed by atoms with Crippen LogP contribution in [-0.2, 0) is 4.79 Å². The van der Waals surface area contributed by atoms with Crippen molar-refractivity contribution in [1.29, 1.82) is 0 Å². The van der Waals surface area contributed by atoms with Gasteiger partial charge < -0.3 is 5.11 Å². The van der Waals surface area contributed by atoms with E-state index in [0.29, 0.717) is 0 Å². The largest absolute Gasteiger partial charge is 0.393 e. The molecule has 0 aromatic heterocycles. The molecule has 0 saturated carbocycles. The summed E-state index contributed by atoms with van der Waals surface area (Å²) in [6.07, 6.45) is 1.88. The average molecular weight is 177 g/mol. The SMILES string of the molecule is CC/C=C(\Cl)C(=O)C[C@H](C)O. The van der Waals surface area contributed by atoms with Crippen LogP contribution in [0.15, 0.2) is 11.1 Å². The summed E-state index contributed by atoms with van der Waals surface area (Å²) in [6.45, 7) is 3.46. The number of hydrogen-bond acceptors (Lipinski definition) is 2. The van der Waals surface area contributed by atoms with Gasteiger partial charge in [0.15, 0.2) is 5.78 Å². The maximum Gasteiger partial charge on any atom is 0.176 e. The Morgan fingerprint density at radius 1 is 1.73 bits per heavy atom. The molecule has 0 fully saturated rings. The van der Waals surface area contributed by atoms with Gasteiger partial charge in [-0.1, -0.05) is 24.6 Å². The number of carbonyl (C=O) groups is 1. The van der Waals surface area contributed by atoms with Gasteiger partial charge in [-0.15, -0.1) is 0 Å². The first kappa shape index (κ1) is 10.7. The van der Waals surface area contributed by atoms with Gasteiger partial charge >= 0.3 is 0 Å². The minimum atomic E-state index is -0.610. The number of allylic oxidation sites excluding steroid dienone is 2. The standard InChI is InChI=1S/C8H13ClO2/c1-3-4-7(9)8(11)5-6(2)10/h4,6,10H,3,5H2,1-2H3/b7-4-/t6-/m0/s1. The Balaban J connectivity index is 3.93. The van der Waals surface area contributed by atoms with Crippen molar-refractivity contribution in [3.8, 4) is 0 Å². The lowest BCUT2D eigenvalue weighted by Crippen LogP contribution is -2.09. The molecule has 0 amide bonds. The normalized spacial score (nSPS) is 14.7. The van der Waals surface area contributed by atoms with Crippen molar-refractivity contribution in [2.75, 3.05) is 0 Å². The van der Waals surface area contributed by atoms with Crippen LogP contribution in [0.4, 0.5) is 0 Å². The molecule has 0 spiro atoms. The number of Topliss-reactive ketones (excluding diaryl/α,β-unsaturated/α-hetero) is 1. The van der Waals surface area contributed by atoms with Gasteiger partial charge in [-0.3, -0.25) is 4.79 Å². The van der Waals surface area contributed by atoms with E-state index in [1.807, 2.05) is 6.92 Å². The molecule has 0 radical (unpaired) electrons. The fourth-order valence-corrected chi connectivity index (χ4v) is 0.890. The molecule has 3 heteroatoms. The first-order valence-electron chi connectivity index (χ1n) is 3.64. The highest BCUT2D eigenvalue weighted by atomic mass is 35.5. The highest BCUT2D eigenvalue weighted by molar-refractivity contribution is 6.42. The lowest BCUT2D eigenvalue weighted by atomic mass is 10.2. The van der Waals surface area contributed by atoms with Gasteiger partial charge in [0, 0.05) is 6.42 Å². The monoisotopic (exact) mass is 176 g/mol. The average Bonchev–Trinajstić information content (AvgIpc) is 1.86. The minimum absolute atomic E-state index is 0.106. The van der Waals surface area contributed by atoms with Gasteiger partial charge in [-0.05, 0) is 13.3 Å². The van der Waals surface area contributed by atoms with E-state index in [4.69, 9.17) is 16.7 Å². The minimum Gasteiger partial charge on any atom is -0.393 e. The lowest BCUT2D eigenvalue weighted by molar-refractivity contribution is -0.116. The van der Waals surface area contributed by atoms with Crippen LogP contribution in [0.25, 0.3) is 0 Å². The third-order valence-electron chi connectivity index (χ3n) is 1.13. The number of carbonyl (C=O) groups excluding carboxylic acids is 1. The molecule has 0 saturated heterocycles. The topological polar surface area (TPSA) is 37.3 Å². The van der Waals surface area contributed by atoms with Gasteiger partial charge in [-0.25, -0.2) is 0 Å². The van der Waals surface area contributed by atoms with Crippen LogP contribution in [-0.4, -0.2) is 17.0 Å². The Kier molecular flexibility index (Phi) is 5.16. The highest BCUT2D eigenvalue weighted by Crippen LogP contribution is 2.08. The summed E-state index contributed by atoms with van der Waals surface area (Å²) in [5.74, 6) is -0.191. The second-order valence-corrected chi connectivity index (χ2v) is 2.84. The van der Waals surface area contributed by atoms with Crippen LogP contribution in [0.5, 0.6) is 0 Å². The molecule has 0 rings (SSSR count). The number of aliphatic hydroxyl groups excluding tert-OH is 1. The molecule has 0 aliphatic carbocycles. The lowest BCUT2D eigenvalue weighted by Gasteiger charge is -2.00. The Morgan fingerprint density at radius 3 is 2.64 bits per heavy atom. The second-order valence-electron chi connectivity index (χ2n) is 2.44. The van der Waals surface area contributed by atoms with Crippen molar-refractivity contribution >= 4 is 17.4 Å². The van der Waals surface area contributed by atoms with E-state index in [9.17, 15) is 4.79 Å². The zero-order valence-corrected chi connectivity index (χ0v) is 7.56. The van der Waals surface area contributed by atoms with E-state index in [0.717, 1.165) is 6.42 Å². The van der Waals surface area contributed by atoms with Crippen LogP contribution >= 0.6 is 11.6 Å². The number of aliphatic hydroxyl groups is 1. The number of ketones is 1. The Hall–Kier alpha value is -0.340. The van der Waals surface area contributed by atoms with Crippen molar-refractivity contribution in [2.45, 2.75) is 32.8 Å². The zero-order chi connectivity index (χ0) is 8.85. The van der Waals surface area contributed by atoms with Gasteiger partial charge in [0.1, 0.15) is 0 Å². The van der Waals surface area contributed by atoms with Crippen molar-refractivity contribution in [1.82, 2.24) is 0 Å². The smallest absolute Gasteiger partial charge is 0.176 e. The van der Waals surface area contributed by atoms with Gasteiger partial charge in [0.25, 0.3) is 0 Å². The molecule has 1 N–H and O–H groups in total. The highest BCUT2D eigenvalue weighted by Gasteiger charge is 2.08. The quantitative estimate of drug-likeness (QED) is 0.664. The summed E-state index contributed by atoms with van der Waals surface area (Å²) in [5.41, 5.74) is 0. The number of hydrogen-bond donors (Lipinski definition) is 1. The Bertz CT molecular complexity index is 161. The molecule has 0 unspecified atom stereocenters. The molecule has 0 aliphatic heterocycles. The molecule has 0 aromatic carbocycles. The van der Waals surface area contributed by atoms with E-state index < -0.39 is 6.10 Å². The third kappa shape index (κ3) is 4.99. The van der Waals surface area contributed by atoms with Crippen LogP contribution < -0.4 is 0 Å². The molecule has 11 heavy (non-hydrogen) atoms. The predicted octanol–water partition coefficient (Wildman–Crippen LogP) is 1.86. The Morgan fingerprint density at radius 2 is 2.27 bits per heavy atom. The number of rotatable bonds is 4. The molecule has 0 aliphatic rings. The molecule has 0 heterocycles. The molecule has 0 aromatic rings. The molecule has 0 bridgehead atoms. The summed E-state index contributed by atoms with van der Waals surface area (Å²) in [5, 5.41) is 9.06. The summed E-state index contributed by atoms with van der Waals surface area (Å²) in [7, 11) is 0. The van der Waals surface area contributed by atoms with Crippen LogP contribution in [0.3, 0.4) is 0 Å². The fourth-order valence-electron chi connectivity index (χ4n) is 0.659. The molecular weight excluding hydrogens is 164 g/mol. The van der Waals surface area contributed by atoms with Crippen LogP contribution in [0, 0.1) is 0 Å². The van der Waals surface area contributed by atoms with Crippen molar-refractivity contribution in [3.63, 3.8) is 0 Å². The number of halogens is 1. The van der Waals surface area contributed by atoms with E-state index in [1.165, 1.54) is 0 Å². The van der Waals surface area contributed by atoms with Crippen LogP contribution in [0.2, 0.25) is 0 Å². The van der Waals surface area contributed by atoms with E-state index in [2.05, 4.69) is 0 Å². The van der Waals surface area contributed by atoms with Crippen molar-refractivity contribution in [2.24, 2.45) is 0 Å². The van der Waals surface area contributed by atoms with Crippen molar-refractivity contribution < 1.29 is 9.90 Å². The van der Waals surface area contributed by atoms with Crippen molar-refractivity contribution in [3.05, 3.63) is 11.1 Å². The first-order valence-corrected chi connectivity index (χ1v) is 4.02. The molecule has 64 valence electrons. The first-order chi connectivity index (χ1) is 5.07. The summed E-state index contributed by atoms with van der Waals surface area (Å²) >= 11 is 5.58. The third-order valence-corrected chi connectivity index (χ3v) is 1.50. The summed E-state index contributed by atoms with van der Waals surface area (Å²) in [6, 6.07) is 0. The predicted molar refractivity (Wildman–Crippen MR) is 45.5 cm³/mol. The maximum absolute atomic E-state index is 11.0. The van der Waals surface area contributed by atoms with E-state index >= 15 is 0 Å². The zero-order valence-electron chi connectivity index (χ0n) is 6.80. The van der Waals surface area contributed by atoms with E-state index in [-0.39, 0.29) is 17.2 Å². The van der Waals surface area contributed by atoms with Gasteiger partial charge in [-0.2, -0.15) is 0 Å². The Labute approximate surface area is 71.9 Å².